The van der Waals surface area contributed by atoms with Crippen molar-refractivity contribution in [2.45, 2.75) is 44.1 Å². The molecule has 1 amide bonds. The van der Waals surface area contributed by atoms with Gasteiger partial charge in [0.1, 0.15) is 12.3 Å². The molecule has 4 rings (SSSR count). The Labute approximate surface area is 184 Å². The van der Waals surface area contributed by atoms with Gasteiger partial charge in [-0.3, -0.25) is 9.59 Å². The predicted molar refractivity (Wildman–Crippen MR) is 112 cm³/mol. The van der Waals surface area contributed by atoms with E-state index in [9.17, 15) is 24.5 Å². The van der Waals surface area contributed by atoms with Crippen molar-refractivity contribution in [3.63, 3.8) is 0 Å². The van der Waals surface area contributed by atoms with Crippen molar-refractivity contribution in [1.29, 1.82) is 0 Å². The van der Waals surface area contributed by atoms with Crippen LogP contribution in [0.3, 0.4) is 0 Å². The molecular weight excluding hydrogens is 417 g/mol. The molecule has 0 aliphatic carbocycles. The minimum atomic E-state index is -1.30. The molecule has 3 heterocycles. The van der Waals surface area contributed by atoms with Gasteiger partial charge in [-0.15, -0.1) is 5.10 Å². The summed E-state index contributed by atoms with van der Waals surface area (Å²) in [5, 5.41) is 33.5. The third-order valence-corrected chi connectivity index (χ3v) is 5.72. The van der Waals surface area contributed by atoms with Crippen LogP contribution in [-0.2, 0) is 17.8 Å². The second-order valence-corrected chi connectivity index (χ2v) is 8.11. The Morgan fingerprint density at radius 3 is 2.81 bits per heavy atom. The Morgan fingerprint density at radius 1 is 1.28 bits per heavy atom. The Balaban J connectivity index is 1.34. The molecule has 0 radical (unpaired) electrons. The van der Waals surface area contributed by atoms with E-state index >= 15 is 0 Å². The summed E-state index contributed by atoms with van der Waals surface area (Å²) < 4.78 is 6.72. The van der Waals surface area contributed by atoms with Gasteiger partial charge in [0.15, 0.2) is 11.5 Å². The zero-order chi connectivity index (χ0) is 22.7. The van der Waals surface area contributed by atoms with Gasteiger partial charge in [-0.2, -0.15) is 0 Å². The number of fused-ring (bicyclic) bond motifs is 1. The van der Waals surface area contributed by atoms with E-state index in [4.69, 9.17) is 4.65 Å². The first kappa shape index (κ1) is 22.0. The first-order valence-corrected chi connectivity index (χ1v) is 10.5. The van der Waals surface area contributed by atoms with E-state index in [0.29, 0.717) is 12.0 Å². The van der Waals surface area contributed by atoms with Crippen molar-refractivity contribution in [3.05, 3.63) is 41.2 Å². The first-order valence-electron chi connectivity index (χ1n) is 10.5. The quantitative estimate of drug-likeness (QED) is 0.431. The van der Waals surface area contributed by atoms with Crippen molar-refractivity contribution in [1.82, 2.24) is 25.6 Å². The number of carboxylic acid groups (broad SMARTS) is 1. The summed E-state index contributed by atoms with van der Waals surface area (Å²) in [4.78, 5) is 36.2. The Bertz CT molecular complexity index is 1020. The minimum Gasteiger partial charge on any atom is -0.535 e. The Morgan fingerprint density at radius 2 is 2.06 bits per heavy atom. The molecule has 32 heavy (non-hydrogen) atoms. The van der Waals surface area contributed by atoms with Crippen LogP contribution in [0.2, 0.25) is 5.82 Å². The topological polar surface area (TPSA) is 156 Å². The van der Waals surface area contributed by atoms with Crippen LogP contribution in [0.5, 0.6) is 5.75 Å². The summed E-state index contributed by atoms with van der Waals surface area (Å²) in [5.41, 5.74) is 0.752. The third-order valence-electron chi connectivity index (χ3n) is 5.72. The van der Waals surface area contributed by atoms with Gasteiger partial charge in [0.25, 0.3) is 5.91 Å². The van der Waals surface area contributed by atoms with E-state index < -0.39 is 18.9 Å². The summed E-state index contributed by atoms with van der Waals surface area (Å²) in [5.74, 6) is -2.07. The van der Waals surface area contributed by atoms with Crippen LogP contribution in [0.1, 0.15) is 45.7 Å². The number of aromatic nitrogens is 3. The van der Waals surface area contributed by atoms with E-state index in [0.717, 1.165) is 25.9 Å². The Hall–Kier alpha value is -3.25. The molecule has 12 heteroatoms. The number of amides is 1. The molecule has 0 unspecified atom stereocenters. The van der Waals surface area contributed by atoms with Gasteiger partial charge >= 0.3 is 13.1 Å². The van der Waals surface area contributed by atoms with Crippen LogP contribution in [0.4, 0.5) is 0 Å². The molecule has 1 saturated heterocycles. The molecule has 11 nitrogen and oxygen atoms in total. The number of carboxylic acids is 1. The van der Waals surface area contributed by atoms with Crippen LogP contribution in [0.15, 0.2) is 24.4 Å². The number of carbonyl (C=O) groups is 3. The number of rotatable bonds is 7. The highest BCUT2D eigenvalue weighted by Gasteiger charge is 2.37. The van der Waals surface area contributed by atoms with E-state index in [-0.39, 0.29) is 47.7 Å². The number of piperidine rings is 1. The molecule has 0 bridgehead atoms. The van der Waals surface area contributed by atoms with Gasteiger partial charge < -0.3 is 25.4 Å². The monoisotopic (exact) mass is 441 g/mol. The molecule has 2 aliphatic rings. The van der Waals surface area contributed by atoms with Crippen LogP contribution in [0, 0.1) is 0 Å². The molecule has 2 aliphatic heterocycles. The van der Waals surface area contributed by atoms with Gasteiger partial charge in [-0.1, -0.05) is 17.3 Å². The zero-order valence-electron chi connectivity index (χ0n) is 17.4. The van der Waals surface area contributed by atoms with Crippen LogP contribution < -0.4 is 15.3 Å². The summed E-state index contributed by atoms with van der Waals surface area (Å²) >= 11 is 0. The van der Waals surface area contributed by atoms with Crippen molar-refractivity contribution in [2.24, 2.45) is 0 Å². The predicted octanol–water partition coefficient (Wildman–Crippen LogP) is -0.0969. The van der Waals surface area contributed by atoms with Crippen LogP contribution in [0.25, 0.3) is 0 Å². The lowest BCUT2D eigenvalue weighted by atomic mass is 9.64. The fourth-order valence-electron chi connectivity index (χ4n) is 4.07. The summed E-state index contributed by atoms with van der Waals surface area (Å²) in [6.45, 7) is 1.61. The highest BCUT2D eigenvalue weighted by atomic mass is 16.5. The number of nitrogens with one attached hydrogen (secondary N) is 2. The van der Waals surface area contributed by atoms with E-state index in [1.165, 1.54) is 16.9 Å². The van der Waals surface area contributed by atoms with Crippen LogP contribution >= 0.6 is 0 Å². The van der Waals surface area contributed by atoms with Gasteiger partial charge in [0.05, 0.1) is 11.8 Å². The standard InChI is InChI=1S/C20H24BN5O6/c27-15(9-13-8-12-2-1-3-16(20(29)30)18(12)32-21(13)31)10-26-11-17(24-25-26)19(28)23-14-4-6-22-7-5-14/h1-3,11,13-14,22,31H,4-10H2,(H,23,28)(H,29,30)/t13-/m1/s1. The average Bonchev–Trinajstić information content (AvgIpc) is 3.23. The lowest BCUT2D eigenvalue weighted by Gasteiger charge is -2.27. The second kappa shape index (κ2) is 9.49. The highest BCUT2D eigenvalue weighted by Crippen LogP contribution is 2.36. The molecule has 1 atom stereocenters. The number of ketones is 1. The van der Waals surface area contributed by atoms with Gasteiger partial charge in [-0.05, 0) is 44.0 Å². The molecular formula is C20H24BN5O6. The number of nitrogens with zero attached hydrogens (tertiary/aromatic N) is 3. The SMILES string of the molecule is O=C(C[C@H]1Cc2cccc(C(=O)O)c2OB1O)Cn1cc(C(=O)NC2CCNCC2)nn1. The normalized spacial score (nSPS) is 18.5. The fourth-order valence-corrected chi connectivity index (χ4v) is 4.07. The largest absolute Gasteiger partial charge is 0.535 e. The average molecular weight is 441 g/mol. The zero-order valence-corrected chi connectivity index (χ0v) is 17.4. The van der Waals surface area contributed by atoms with Gasteiger partial charge in [-0.25, -0.2) is 9.48 Å². The Kier molecular flexibility index (Phi) is 6.51. The number of Topliss-reactive ketones (excluding diaryl/α,β-unsaturated/α-hetero) is 1. The molecule has 1 aromatic carbocycles. The number of hydrogen-bond acceptors (Lipinski definition) is 8. The molecule has 168 valence electrons. The molecule has 1 aromatic heterocycles. The third kappa shape index (κ3) is 4.97. The number of benzene rings is 1. The van der Waals surface area contributed by atoms with Crippen molar-refractivity contribution in [2.75, 3.05) is 13.1 Å². The van der Waals surface area contributed by atoms with Gasteiger partial charge in [0, 0.05) is 18.3 Å². The molecule has 0 saturated carbocycles. The summed E-state index contributed by atoms with van der Waals surface area (Å²) in [7, 11) is -1.30. The van der Waals surface area contributed by atoms with Gasteiger partial charge in [0.2, 0.25) is 0 Å². The number of aromatic carboxylic acids is 1. The second-order valence-electron chi connectivity index (χ2n) is 8.11. The number of para-hydroxylation sites is 1. The lowest BCUT2D eigenvalue weighted by molar-refractivity contribution is -0.120. The summed E-state index contributed by atoms with van der Waals surface area (Å²) in [6.07, 6.45) is 3.44. The molecule has 4 N–H and O–H groups in total. The lowest BCUT2D eigenvalue weighted by Crippen LogP contribution is -2.42. The van der Waals surface area contributed by atoms with Crippen molar-refractivity contribution in [3.8, 4) is 5.75 Å². The first-order chi connectivity index (χ1) is 15.4. The maximum atomic E-state index is 12.6. The highest BCUT2D eigenvalue weighted by molar-refractivity contribution is 6.47. The molecule has 0 spiro atoms. The number of hydrogen-bond donors (Lipinski definition) is 4. The van der Waals surface area contributed by atoms with E-state index in [1.807, 2.05) is 0 Å². The maximum absolute atomic E-state index is 12.6. The molecule has 2 aromatic rings. The number of carbonyl (C=O) groups excluding carboxylic acids is 2. The molecule has 1 fully saturated rings. The van der Waals surface area contributed by atoms with Crippen LogP contribution in [-0.4, -0.2) is 69.0 Å². The maximum Gasteiger partial charge on any atom is 0.526 e. The van der Waals surface area contributed by atoms with Crippen molar-refractivity contribution >= 4 is 24.8 Å². The van der Waals surface area contributed by atoms with Crippen molar-refractivity contribution < 1.29 is 29.2 Å². The van der Waals surface area contributed by atoms with E-state index in [1.54, 1.807) is 12.1 Å². The minimum absolute atomic E-state index is 0.00830. The smallest absolute Gasteiger partial charge is 0.526 e. The fraction of sp³-hybridized carbons (Fsp3) is 0.450. The summed E-state index contributed by atoms with van der Waals surface area (Å²) in [6, 6.07) is 4.82. The van der Waals surface area contributed by atoms with E-state index in [2.05, 4.69) is 20.9 Å².